The normalized spacial score (nSPS) is 12.8. The van der Waals surface area contributed by atoms with Crippen molar-refractivity contribution in [3.63, 3.8) is 0 Å². The monoisotopic (exact) mass is 807 g/mol. The Balaban J connectivity index is 4.44. The molecule has 0 N–H and O–H groups in total. The summed E-state index contributed by atoms with van der Waals surface area (Å²) in [6.45, 7) is 6.29. The number of esters is 3. The van der Waals surface area contributed by atoms with Crippen LogP contribution in [0.2, 0.25) is 0 Å². The van der Waals surface area contributed by atoms with Crippen molar-refractivity contribution in [3.8, 4) is 0 Å². The second-order valence-electron chi connectivity index (χ2n) is 15.4. The summed E-state index contributed by atoms with van der Waals surface area (Å²) in [5, 5.41) is 0. The number of rotatable bonds is 41. The van der Waals surface area contributed by atoms with Crippen LogP contribution in [0.25, 0.3) is 0 Å². The van der Waals surface area contributed by atoms with Gasteiger partial charge in [-0.1, -0.05) is 209 Å². The molecule has 0 aliphatic carbocycles. The number of carbonyl (C=O) groups excluding carboxylic acids is 3. The lowest BCUT2D eigenvalue weighted by atomic mass is 10.0. The molecule has 0 saturated carbocycles. The predicted molar refractivity (Wildman–Crippen MR) is 247 cm³/mol. The second kappa shape index (κ2) is 46.3. The van der Waals surface area contributed by atoms with Gasteiger partial charge in [-0.2, -0.15) is 0 Å². The smallest absolute Gasteiger partial charge is 0.306 e. The van der Waals surface area contributed by atoms with Gasteiger partial charge < -0.3 is 14.2 Å². The molecule has 0 aliphatic rings. The van der Waals surface area contributed by atoms with E-state index in [1.54, 1.807) is 0 Å². The molecule has 0 aliphatic heterocycles. The molecule has 1 unspecified atom stereocenters. The first-order chi connectivity index (χ1) is 28.5. The van der Waals surface area contributed by atoms with Gasteiger partial charge in [0.1, 0.15) is 13.2 Å². The molecule has 58 heavy (non-hydrogen) atoms. The van der Waals surface area contributed by atoms with Crippen LogP contribution < -0.4 is 0 Å². The van der Waals surface area contributed by atoms with Crippen molar-refractivity contribution in [1.29, 1.82) is 0 Å². The average Bonchev–Trinajstić information content (AvgIpc) is 3.22. The first-order valence-corrected chi connectivity index (χ1v) is 23.7. The Morgan fingerprint density at radius 1 is 0.379 bits per heavy atom. The topological polar surface area (TPSA) is 78.9 Å². The van der Waals surface area contributed by atoms with E-state index in [0.717, 1.165) is 77.0 Å². The van der Waals surface area contributed by atoms with E-state index in [1.165, 1.54) is 83.5 Å². The van der Waals surface area contributed by atoms with Crippen molar-refractivity contribution in [2.45, 2.75) is 213 Å². The molecule has 0 bridgehead atoms. The zero-order chi connectivity index (χ0) is 42.3. The summed E-state index contributed by atoms with van der Waals surface area (Å²) in [7, 11) is 0. The zero-order valence-electron chi connectivity index (χ0n) is 37.5. The third kappa shape index (κ3) is 43.7. The van der Waals surface area contributed by atoms with Crippen molar-refractivity contribution in [2.75, 3.05) is 13.2 Å². The summed E-state index contributed by atoms with van der Waals surface area (Å²) in [6, 6.07) is 0. The Morgan fingerprint density at radius 2 is 0.759 bits per heavy atom. The van der Waals surface area contributed by atoms with E-state index < -0.39 is 6.10 Å². The first kappa shape index (κ1) is 54.6. The predicted octanol–water partition coefficient (Wildman–Crippen LogP) is 15.3. The SMILES string of the molecule is CC\C=C/C=C\C=C/C=C\C=C/CCCCCC(=O)OC(COC(=O)CCCC/C=C\C/C=C\CC)COC(=O)CCCCCCCCCCCCCCCCCC. The fourth-order valence-corrected chi connectivity index (χ4v) is 6.26. The third-order valence-corrected chi connectivity index (χ3v) is 9.77. The van der Waals surface area contributed by atoms with Crippen LogP contribution in [0.5, 0.6) is 0 Å². The summed E-state index contributed by atoms with van der Waals surface area (Å²) >= 11 is 0. The first-order valence-electron chi connectivity index (χ1n) is 23.7. The number of allylic oxidation sites excluding steroid dienone is 14. The van der Waals surface area contributed by atoms with E-state index >= 15 is 0 Å². The molecular formula is C52H86O6. The Labute approximate surface area is 356 Å². The molecule has 0 aromatic rings. The molecule has 1 atom stereocenters. The quantitative estimate of drug-likeness (QED) is 0.0201. The highest BCUT2D eigenvalue weighted by atomic mass is 16.6. The fourth-order valence-electron chi connectivity index (χ4n) is 6.26. The van der Waals surface area contributed by atoms with Crippen molar-refractivity contribution in [1.82, 2.24) is 0 Å². The van der Waals surface area contributed by atoms with Gasteiger partial charge in [0.15, 0.2) is 6.10 Å². The van der Waals surface area contributed by atoms with E-state index in [1.807, 2.05) is 48.6 Å². The van der Waals surface area contributed by atoms with E-state index in [0.29, 0.717) is 19.3 Å². The largest absolute Gasteiger partial charge is 0.462 e. The molecule has 0 amide bonds. The summed E-state index contributed by atoms with van der Waals surface area (Å²) < 4.78 is 16.6. The maximum atomic E-state index is 12.7. The molecular weight excluding hydrogens is 721 g/mol. The summed E-state index contributed by atoms with van der Waals surface area (Å²) in [5.74, 6) is -0.988. The highest BCUT2D eigenvalue weighted by Crippen LogP contribution is 2.15. The Bertz CT molecular complexity index is 1160. The van der Waals surface area contributed by atoms with Crippen LogP contribution in [0.1, 0.15) is 207 Å². The van der Waals surface area contributed by atoms with Gasteiger partial charge in [-0.3, -0.25) is 14.4 Å². The molecule has 0 aromatic heterocycles. The molecule has 0 spiro atoms. The Hall–Kier alpha value is -3.41. The maximum Gasteiger partial charge on any atom is 0.306 e. The van der Waals surface area contributed by atoms with Crippen LogP contribution in [0.4, 0.5) is 0 Å². The van der Waals surface area contributed by atoms with Gasteiger partial charge in [0, 0.05) is 19.3 Å². The average molecular weight is 807 g/mol. The lowest BCUT2D eigenvalue weighted by Crippen LogP contribution is -2.30. The standard InChI is InChI=1S/C52H86O6/c1-4-7-10-13-16-19-21-23-25-27-28-30-33-36-39-42-45-51(54)57-48-49(47-56-50(53)44-41-38-35-32-18-15-12-9-6-3)58-52(55)46-43-40-37-34-31-29-26-24-22-20-17-14-11-8-5-2/h8-9,11-12,14,17-18,20,22,24,26,29,31-32,49H,4-7,10,13,15-16,19,21,23,25,27-28,30,33-48H2,1-3H3/b11-8-,12-9-,17-14-,22-20-,26-24-,31-29-,32-18-. The zero-order valence-corrected chi connectivity index (χ0v) is 37.5. The molecule has 0 radical (unpaired) electrons. The molecule has 6 heteroatoms. The maximum absolute atomic E-state index is 12.7. The lowest BCUT2D eigenvalue weighted by molar-refractivity contribution is -0.167. The van der Waals surface area contributed by atoms with E-state index in [-0.39, 0.29) is 37.5 Å². The van der Waals surface area contributed by atoms with Gasteiger partial charge in [0.05, 0.1) is 0 Å². The molecule has 330 valence electrons. The van der Waals surface area contributed by atoms with Gasteiger partial charge in [-0.15, -0.1) is 0 Å². The summed E-state index contributed by atoms with van der Waals surface area (Å²) in [5.41, 5.74) is 0. The minimum atomic E-state index is -0.808. The minimum absolute atomic E-state index is 0.103. The van der Waals surface area contributed by atoms with Crippen molar-refractivity contribution >= 4 is 17.9 Å². The van der Waals surface area contributed by atoms with Crippen LogP contribution in [0, 0.1) is 0 Å². The Morgan fingerprint density at radius 3 is 1.28 bits per heavy atom. The lowest BCUT2D eigenvalue weighted by Gasteiger charge is -2.18. The van der Waals surface area contributed by atoms with Crippen molar-refractivity contribution in [3.05, 3.63) is 85.1 Å². The van der Waals surface area contributed by atoms with Gasteiger partial charge in [-0.05, 0) is 64.2 Å². The third-order valence-electron chi connectivity index (χ3n) is 9.77. The van der Waals surface area contributed by atoms with E-state index in [4.69, 9.17) is 14.2 Å². The second-order valence-corrected chi connectivity index (χ2v) is 15.4. The summed E-state index contributed by atoms with van der Waals surface area (Å²) in [6.07, 6.45) is 58.6. The highest BCUT2D eigenvalue weighted by molar-refractivity contribution is 5.71. The van der Waals surface area contributed by atoms with Gasteiger partial charge in [-0.25, -0.2) is 0 Å². The Kier molecular flexibility index (Phi) is 43.6. The fraction of sp³-hybridized carbons (Fsp3) is 0.673. The van der Waals surface area contributed by atoms with Crippen molar-refractivity contribution < 1.29 is 28.6 Å². The highest BCUT2D eigenvalue weighted by Gasteiger charge is 2.19. The number of unbranched alkanes of at least 4 members (excludes halogenated alkanes) is 20. The summed E-state index contributed by atoms with van der Waals surface area (Å²) in [4.78, 5) is 37.7. The van der Waals surface area contributed by atoms with Gasteiger partial charge in [0.25, 0.3) is 0 Å². The minimum Gasteiger partial charge on any atom is -0.462 e. The van der Waals surface area contributed by atoms with Crippen LogP contribution in [-0.4, -0.2) is 37.2 Å². The number of hydrogen-bond acceptors (Lipinski definition) is 6. The van der Waals surface area contributed by atoms with Gasteiger partial charge >= 0.3 is 17.9 Å². The van der Waals surface area contributed by atoms with Gasteiger partial charge in [0.2, 0.25) is 0 Å². The molecule has 0 aromatic carbocycles. The van der Waals surface area contributed by atoms with Crippen LogP contribution in [-0.2, 0) is 28.6 Å². The van der Waals surface area contributed by atoms with E-state index in [2.05, 4.69) is 57.2 Å². The number of hydrogen-bond donors (Lipinski definition) is 0. The molecule has 6 nitrogen and oxygen atoms in total. The molecule has 0 saturated heterocycles. The number of ether oxygens (including phenoxy) is 3. The van der Waals surface area contributed by atoms with E-state index in [9.17, 15) is 14.4 Å². The van der Waals surface area contributed by atoms with Crippen LogP contribution >= 0.6 is 0 Å². The van der Waals surface area contributed by atoms with Crippen LogP contribution in [0.3, 0.4) is 0 Å². The molecule has 0 rings (SSSR count). The molecule has 0 heterocycles. The number of carbonyl (C=O) groups is 3. The van der Waals surface area contributed by atoms with Crippen molar-refractivity contribution in [2.24, 2.45) is 0 Å². The van der Waals surface area contributed by atoms with Crippen LogP contribution in [0.15, 0.2) is 85.1 Å². The molecule has 0 fully saturated rings.